The molecule has 1 radical (unpaired) electrons. The number of aliphatic hydroxyl groups is 5. The molecule has 0 saturated carbocycles. The van der Waals surface area contributed by atoms with Gasteiger partial charge < -0.3 is 46.4 Å². The van der Waals surface area contributed by atoms with Crippen molar-refractivity contribution in [2.45, 2.75) is 30.8 Å². The molecule has 11 nitrogen and oxygen atoms in total. The number of carboxylic acids is 1. The number of Topliss-reactive ketones (excluding diaryl/α,β-unsaturated/α-hetero) is 1. The van der Waals surface area contributed by atoms with Gasteiger partial charge in [-0.2, -0.15) is 0 Å². The summed E-state index contributed by atoms with van der Waals surface area (Å²) >= 11 is 0. The Balaban J connectivity index is 0. The number of benzene rings is 1. The van der Waals surface area contributed by atoms with Crippen molar-refractivity contribution in [1.29, 1.82) is 0 Å². The van der Waals surface area contributed by atoms with Gasteiger partial charge in [0.05, 0.1) is 6.61 Å². The SMILES string of the molecule is N[C@@H](Cc1ccc(B(O)O)cc1)C(=O)O.O=C(CO)[C@@H](O)[C@H](O)[C@H](O)CO.[Na]. The molecular formula is C15H24BNNaO10. The Kier molecular flexibility index (Phi) is 15.7. The van der Waals surface area contributed by atoms with Crippen LogP contribution in [0, 0.1) is 0 Å². The van der Waals surface area contributed by atoms with Gasteiger partial charge in [-0.15, -0.1) is 0 Å². The Hall–Kier alpha value is -0.895. The van der Waals surface area contributed by atoms with Crippen LogP contribution < -0.4 is 11.2 Å². The minimum Gasteiger partial charge on any atom is -0.480 e. The van der Waals surface area contributed by atoms with Crippen molar-refractivity contribution in [3.8, 4) is 0 Å². The molecule has 0 aromatic heterocycles. The monoisotopic (exact) mass is 412 g/mol. The number of rotatable bonds is 9. The van der Waals surface area contributed by atoms with E-state index in [0.29, 0.717) is 5.46 Å². The van der Waals surface area contributed by atoms with E-state index in [4.69, 9.17) is 46.4 Å². The molecule has 0 unspecified atom stereocenters. The summed E-state index contributed by atoms with van der Waals surface area (Å²) in [7, 11) is -1.51. The summed E-state index contributed by atoms with van der Waals surface area (Å²) in [5.41, 5.74) is 6.46. The summed E-state index contributed by atoms with van der Waals surface area (Å²) in [6.45, 7) is -1.69. The molecule has 0 saturated heterocycles. The number of carbonyl (C=O) groups excluding carboxylic acids is 1. The van der Waals surface area contributed by atoms with Crippen LogP contribution in [0.5, 0.6) is 0 Å². The molecule has 1 aromatic carbocycles. The zero-order chi connectivity index (χ0) is 21.1. The van der Waals surface area contributed by atoms with E-state index in [0.717, 1.165) is 5.56 Å². The maximum atomic E-state index is 10.5. The van der Waals surface area contributed by atoms with Crippen molar-refractivity contribution in [3.63, 3.8) is 0 Å². The molecule has 28 heavy (non-hydrogen) atoms. The second kappa shape index (κ2) is 15.0. The van der Waals surface area contributed by atoms with Crippen molar-refractivity contribution in [2.75, 3.05) is 13.2 Å². The third-order valence-corrected chi connectivity index (χ3v) is 3.44. The number of hydrogen-bond acceptors (Lipinski definition) is 10. The molecule has 0 fully saturated rings. The fourth-order valence-corrected chi connectivity index (χ4v) is 1.77. The number of carbonyl (C=O) groups is 2. The third-order valence-electron chi connectivity index (χ3n) is 3.44. The van der Waals surface area contributed by atoms with Crippen LogP contribution in [0.25, 0.3) is 0 Å². The molecule has 4 atom stereocenters. The maximum absolute atomic E-state index is 10.5. The molecule has 10 N–H and O–H groups in total. The van der Waals surface area contributed by atoms with E-state index in [2.05, 4.69) is 0 Å². The molecule has 153 valence electrons. The van der Waals surface area contributed by atoms with Crippen molar-refractivity contribution < 1.29 is 50.3 Å². The standard InChI is InChI=1S/C9H12BNO4.C6H12O6.Na/c11-8(9(12)13)5-6-1-3-7(4-2-6)10(14)15;7-1-3(9)5(11)6(12)4(10)2-8;/h1-4,8,14-15H,5,11H2,(H,12,13);3,5-9,11-12H,1-2H2;/t8-;3-,5-,6-;/m01./s1. The predicted octanol–water partition coefficient (Wildman–Crippen LogP) is -5.44. The summed E-state index contributed by atoms with van der Waals surface area (Å²) < 4.78 is 0. The Labute approximate surface area is 183 Å². The van der Waals surface area contributed by atoms with Gasteiger partial charge in [-0.25, -0.2) is 0 Å². The molecular weight excluding hydrogens is 388 g/mol. The van der Waals surface area contributed by atoms with Crippen LogP contribution in [0.15, 0.2) is 24.3 Å². The van der Waals surface area contributed by atoms with Gasteiger partial charge in [0, 0.05) is 29.6 Å². The van der Waals surface area contributed by atoms with Gasteiger partial charge in [-0.05, 0) is 17.4 Å². The van der Waals surface area contributed by atoms with Gasteiger partial charge in [0.15, 0.2) is 5.78 Å². The molecule has 13 heteroatoms. The average molecular weight is 412 g/mol. The summed E-state index contributed by atoms with van der Waals surface area (Å²) in [6.07, 6.45) is -5.00. The fraction of sp³-hybridized carbons (Fsp3) is 0.467. The Morgan fingerprint density at radius 1 is 1.04 bits per heavy atom. The van der Waals surface area contributed by atoms with Crippen LogP contribution in [-0.2, 0) is 16.0 Å². The van der Waals surface area contributed by atoms with Crippen molar-refractivity contribution in [3.05, 3.63) is 29.8 Å². The zero-order valence-electron chi connectivity index (χ0n) is 15.3. The summed E-state index contributed by atoms with van der Waals surface area (Å²) in [5.74, 6) is -2.06. The number of ketones is 1. The Morgan fingerprint density at radius 2 is 1.54 bits per heavy atom. The molecule has 0 aliphatic rings. The normalized spacial score (nSPS) is 14.4. The second-order valence-electron chi connectivity index (χ2n) is 5.57. The number of nitrogens with two attached hydrogens (primary N) is 1. The van der Waals surface area contributed by atoms with Crippen LogP contribution in [0.1, 0.15) is 5.56 Å². The summed E-state index contributed by atoms with van der Waals surface area (Å²) in [4.78, 5) is 21.0. The first-order valence-electron chi connectivity index (χ1n) is 7.77. The molecule has 0 aliphatic carbocycles. The Morgan fingerprint density at radius 3 is 1.89 bits per heavy atom. The minimum absolute atomic E-state index is 0. The zero-order valence-corrected chi connectivity index (χ0v) is 17.3. The summed E-state index contributed by atoms with van der Waals surface area (Å²) in [5, 5.41) is 69.3. The summed E-state index contributed by atoms with van der Waals surface area (Å²) in [6, 6.07) is 5.35. The number of carboxylic acid groups (broad SMARTS) is 1. The van der Waals surface area contributed by atoms with Gasteiger partial charge in [-0.3, -0.25) is 9.59 Å². The first-order chi connectivity index (χ1) is 12.5. The number of hydrogen-bond donors (Lipinski definition) is 9. The molecule has 0 amide bonds. The van der Waals surface area contributed by atoms with E-state index in [1.807, 2.05) is 0 Å². The average Bonchev–Trinajstić information content (AvgIpc) is 2.66. The molecule has 1 aromatic rings. The molecule has 0 heterocycles. The first kappa shape index (κ1) is 29.3. The van der Waals surface area contributed by atoms with E-state index in [9.17, 15) is 9.59 Å². The van der Waals surface area contributed by atoms with Crippen molar-refractivity contribution in [1.82, 2.24) is 0 Å². The number of aliphatic carboxylic acids is 1. The smallest absolute Gasteiger partial charge is 0.480 e. The van der Waals surface area contributed by atoms with E-state index < -0.39 is 56.4 Å². The second-order valence-corrected chi connectivity index (χ2v) is 5.57. The molecule has 0 bridgehead atoms. The maximum Gasteiger partial charge on any atom is 0.488 e. The van der Waals surface area contributed by atoms with E-state index in [1.54, 1.807) is 12.1 Å². The van der Waals surface area contributed by atoms with Gasteiger partial charge in [-0.1, -0.05) is 24.3 Å². The predicted molar refractivity (Wildman–Crippen MR) is 98.5 cm³/mol. The molecule has 0 aliphatic heterocycles. The minimum atomic E-state index is -1.86. The third kappa shape index (κ3) is 10.6. The van der Waals surface area contributed by atoms with Crippen LogP contribution in [-0.4, -0.2) is 127 Å². The molecule has 0 spiro atoms. The molecule has 1 rings (SSSR count). The van der Waals surface area contributed by atoms with Crippen molar-refractivity contribution >= 4 is 53.9 Å². The fourth-order valence-electron chi connectivity index (χ4n) is 1.77. The van der Waals surface area contributed by atoms with Crippen LogP contribution in [0.3, 0.4) is 0 Å². The number of aliphatic hydroxyl groups excluding tert-OH is 5. The Bertz CT molecular complexity index is 589. The largest absolute Gasteiger partial charge is 0.488 e. The van der Waals surface area contributed by atoms with Crippen LogP contribution in [0.4, 0.5) is 0 Å². The topological polar surface area (TPSA) is 222 Å². The van der Waals surface area contributed by atoms with E-state index in [-0.39, 0.29) is 36.0 Å². The quantitative estimate of drug-likeness (QED) is 0.174. The van der Waals surface area contributed by atoms with E-state index >= 15 is 0 Å². The van der Waals surface area contributed by atoms with Crippen LogP contribution in [0.2, 0.25) is 0 Å². The van der Waals surface area contributed by atoms with Gasteiger partial charge in [0.2, 0.25) is 0 Å². The van der Waals surface area contributed by atoms with Gasteiger partial charge in [0.25, 0.3) is 0 Å². The van der Waals surface area contributed by atoms with Gasteiger partial charge >= 0.3 is 13.1 Å². The van der Waals surface area contributed by atoms with Crippen molar-refractivity contribution in [2.24, 2.45) is 5.73 Å². The van der Waals surface area contributed by atoms with Crippen LogP contribution >= 0.6 is 0 Å². The first-order valence-corrected chi connectivity index (χ1v) is 7.77. The van der Waals surface area contributed by atoms with Gasteiger partial charge in [0.1, 0.15) is 31.0 Å². The van der Waals surface area contributed by atoms with E-state index in [1.165, 1.54) is 12.1 Å².